The first-order valence-electron chi connectivity index (χ1n) is 19.9. The molecule has 0 unspecified atom stereocenters. The van der Waals surface area contributed by atoms with Crippen LogP contribution in [0, 0.1) is 23.3 Å². The van der Waals surface area contributed by atoms with E-state index in [2.05, 4.69) is 31.1 Å². The SMILES string of the molecule is Cn1nnnc1C(/C=C/[C@H](O)C[C@H](O)CC(=O)[O-])=C(c1ccc(F)cc1)c1ccc(F)cc1.Cn1nnnc1C(/C=C/[C@H](O)C[C@H](O)CC(=O)[O-])=C(c1ccc(F)cc1)c1ccc(F)cc1.[Mg+2]. The van der Waals surface area contributed by atoms with E-state index in [0.717, 1.165) is 0 Å². The minimum Gasteiger partial charge on any atom is -0.550 e. The maximum Gasteiger partial charge on any atom is 2.00 e. The minimum absolute atomic E-state index is 0. The number of aryl methyl sites for hydroxylation is 2. The number of aliphatic hydroxyl groups is 4. The Hall–Kier alpha value is -6.75. The largest absolute Gasteiger partial charge is 2.00 e. The number of aromatic nitrogens is 8. The van der Waals surface area contributed by atoms with Gasteiger partial charge in [-0.25, -0.2) is 26.9 Å². The Bertz CT molecular complexity index is 2410. The Morgan fingerprint density at radius 1 is 0.537 bits per heavy atom. The fourth-order valence-corrected chi connectivity index (χ4v) is 6.56. The van der Waals surface area contributed by atoms with Crippen LogP contribution in [0.5, 0.6) is 0 Å². The third kappa shape index (κ3) is 15.7. The van der Waals surface area contributed by atoms with E-state index >= 15 is 0 Å². The summed E-state index contributed by atoms with van der Waals surface area (Å²) < 4.78 is 57.1. The first kappa shape index (κ1) is 52.9. The van der Waals surface area contributed by atoms with Crippen LogP contribution in [0.1, 0.15) is 59.6 Å². The van der Waals surface area contributed by atoms with E-state index in [1.807, 2.05) is 0 Å². The zero-order chi connectivity index (χ0) is 47.9. The third-order valence-electron chi connectivity index (χ3n) is 9.59. The monoisotopic (exact) mass is 934 g/mol. The standard InChI is InChI=1S/2C23H22F2N4O4.Mg/c2*1-29-23(26-27-28-29)20(11-10-18(30)12-19(31)13-21(32)33)22(14-2-6-16(24)7-3-14)15-4-8-17(25)9-5-15;/h2*2-11,18-19,30-31H,12-13H2,1H3,(H,32,33);/q;;+2/p-2/b2*11-10+;/t2*18-,19-;/m00./s1. The summed E-state index contributed by atoms with van der Waals surface area (Å²) in [5.41, 5.74) is 4.24. The van der Waals surface area contributed by atoms with Crippen molar-refractivity contribution >= 4 is 57.3 Å². The number of carbonyl (C=O) groups excluding carboxylic acids is 2. The van der Waals surface area contributed by atoms with Crippen LogP contribution in [0.25, 0.3) is 22.3 Å². The van der Waals surface area contributed by atoms with Gasteiger partial charge in [0.05, 0.1) is 24.4 Å². The number of hydrogen-bond acceptors (Lipinski definition) is 14. The van der Waals surface area contributed by atoms with Crippen molar-refractivity contribution < 1.29 is 57.8 Å². The molecule has 0 saturated carbocycles. The molecule has 21 heteroatoms. The number of aliphatic hydroxyl groups excluding tert-OH is 4. The van der Waals surface area contributed by atoms with E-state index in [1.54, 1.807) is 62.6 Å². The first-order valence-corrected chi connectivity index (χ1v) is 19.9. The maximum absolute atomic E-state index is 13.6. The molecule has 0 spiro atoms. The molecular weight excluding hydrogens is 893 g/mol. The van der Waals surface area contributed by atoms with Crippen LogP contribution in [-0.2, 0) is 23.7 Å². The molecule has 4 N–H and O–H groups in total. The Kier molecular flexibility index (Phi) is 19.9. The van der Waals surface area contributed by atoms with Crippen molar-refractivity contribution in [3.05, 3.63) is 179 Å². The summed E-state index contributed by atoms with van der Waals surface area (Å²) in [7, 11) is 3.21. The van der Waals surface area contributed by atoms with Gasteiger partial charge in [-0.1, -0.05) is 72.8 Å². The number of carboxylic acids is 2. The van der Waals surface area contributed by atoms with Crippen LogP contribution in [-0.4, -0.2) is 120 Å². The molecule has 0 amide bonds. The summed E-state index contributed by atoms with van der Waals surface area (Å²) in [5.74, 6) is -4.01. The summed E-state index contributed by atoms with van der Waals surface area (Å²) in [5, 5.41) is 84.5. The molecule has 6 rings (SSSR count). The second-order valence-electron chi connectivity index (χ2n) is 14.6. The van der Waals surface area contributed by atoms with Gasteiger partial charge in [0.15, 0.2) is 11.6 Å². The molecule has 0 aliphatic rings. The van der Waals surface area contributed by atoms with Gasteiger partial charge in [-0.2, -0.15) is 0 Å². The second kappa shape index (κ2) is 25.2. The zero-order valence-electron chi connectivity index (χ0n) is 35.9. The molecule has 4 aromatic carbocycles. The molecule has 4 atom stereocenters. The Morgan fingerprint density at radius 3 is 1.03 bits per heavy atom. The Balaban J connectivity index is 0.000000288. The first-order chi connectivity index (χ1) is 31.5. The summed E-state index contributed by atoms with van der Waals surface area (Å²) in [6.45, 7) is 0. The van der Waals surface area contributed by atoms with Crippen molar-refractivity contribution in [1.82, 2.24) is 40.4 Å². The molecule has 0 bridgehead atoms. The molecule has 0 aliphatic carbocycles. The van der Waals surface area contributed by atoms with Crippen LogP contribution in [0.3, 0.4) is 0 Å². The Labute approximate surface area is 396 Å². The second-order valence-corrected chi connectivity index (χ2v) is 14.6. The van der Waals surface area contributed by atoms with Crippen molar-refractivity contribution in [2.45, 2.75) is 50.1 Å². The molecule has 0 saturated heterocycles. The summed E-state index contributed by atoms with van der Waals surface area (Å²) >= 11 is 0. The summed E-state index contributed by atoms with van der Waals surface area (Å²) in [6, 6.07) is 22.6. The molecule has 0 radical (unpaired) electrons. The van der Waals surface area contributed by atoms with Gasteiger partial charge >= 0.3 is 23.1 Å². The minimum atomic E-state index is -1.43. The number of carboxylic acid groups (broad SMARTS) is 2. The fraction of sp³-hybridized carbons (Fsp3) is 0.217. The molecule has 344 valence electrons. The van der Waals surface area contributed by atoms with Gasteiger partial charge in [0.1, 0.15) is 23.3 Å². The number of allylic oxidation sites excluding steroid dienone is 4. The smallest absolute Gasteiger partial charge is 0.550 e. The number of carbonyl (C=O) groups is 2. The number of halogens is 4. The average Bonchev–Trinajstić information content (AvgIpc) is 3.89. The van der Waals surface area contributed by atoms with E-state index in [4.69, 9.17) is 0 Å². The van der Waals surface area contributed by atoms with Crippen LogP contribution >= 0.6 is 0 Å². The van der Waals surface area contributed by atoms with E-state index in [0.29, 0.717) is 56.2 Å². The average molecular weight is 935 g/mol. The van der Waals surface area contributed by atoms with E-state index in [-0.39, 0.29) is 35.9 Å². The van der Waals surface area contributed by atoms with Crippen molar-refractivity contribution in [3.63, 3.8) is 0 Å². The van der Waals surface area contributed by atoms with E-state index in [1.165, 1.54) is 82.2 Å². The van der Waals surface area contributed by atoms with Crippen LogP contribution < -0.4 is 10.2 Å². The van der Waals surface area contributed by atoms with Crippen LogP contribution in [0.4, 0.5) is 17.6 Å². The van der Waals surface area contributed by atoms with Gasteiger partial charge in [-0.3, -0.25) is 0 Å². The predicted molar refractivity (Wildman–Crippen MR) is 232 cm³/mol. The van der Waals surface area contributed by atoms with Crippen LogP contribution in [0.15, 0.2) is 121 Å². The number of hydrogen-bond donors (Lipinski definition) is 4. The number of tetrazole rings is 2. The molecule has 16 nitrogen and oxygen atoms in total. The third-order valence-corrected chi connectivity index (χ3v) is 9.59. The topological polar surface area (TPSA) is 248 Å². The molecule has 0 aliphatic heterocycles. The van der Waals surface area contributed by atoms with E-state index in [9.17, 15) is 57.8 Å². The van der Waals surface area contributed by atoms with Crippen molar-refractivity contribution in [1.29, 1.82) is 0 Å². The summed E-state index contributed by atoms with van der Waals surface area (Å²) in [4.78, 5) is 21.3. The normalized spacial score (nSPS) is 12.9. The quantitative estimate of drug-likeness (QED) is 0.0548. The molecule has 2 aromatic heterocycles. The fourth-order valence-electron chi connectivity index (χ4n) is 6.56. The van der Waals surface area contributed by atoms with E-state index < -0.39 is 72.5 Å². The van der Waals surface area contributed by atoms with Crippen molar-refractivity contribution in [3.8, 4) is 0 Å². The number of rotatable bonds is 18. The predicted octanol–water partition coefficient (Wildman–Crippen LogP) is 2.13. The van der Waals surface area contributed by atoms with Gasteiger partial charge in [-0.05, 0) is 103 Å². The van der Waals surface area contributed by atoms with Gasteiger partial charge in [0.2, 0.25) is 0 Å². The molecular formula is C46H42F4MgN8O8. The number of aliphatic carboxylic acids is 2. The van der Waals surface area contributed by atoms with Gasteiger partial charge < -0.3 is 40.2 Å². The molecule has 2 heterocycles. The maximum atomic E-state index is 13.6. The van der Waals surface area contributed by atoms with Gasteiger partial charge in [0, 0.05) is 62.9 Å². The van der Waals surface area contributed by atoms with Gasteiger partial charge in [-0.15, -0.1) is 10.2 Å². The summed E-state index contributed by atoms with van der Waals surface area (Å²) in [6.07, 6.45) is -0.946. The molecule has 6 aromatic rings. The molecule has 67 heavy (non-hydrogen) atoms. The van der Waals surface area contributed by atoms with Gasteiger partial charge in [0.25, 0.3) is 0 Å². The zero-order valence-corrected chi connectivity index (χ0v) is 37.3. The molecule has 0 fully saturated rings. The van der Waals surface area contributed by atoms with Crippen LogP contribution in [0.2, 0.25) is 0 Å². The van der Waals surface area contributed by atoms with Crippen molar-refractivity contribution in [2.24, 2.45) is 14.1 Å². The van der Waals surface area contributed by atoms with Crippen molar-refractivity contribution in [2.75, 3.05) is 0 Å². The number of nitrogens with zero attached hydrogens (tertiary/aromatic N) is 8. The number of benzene rings is 4. The Morgan fingerprint density at radius 2 is 0.806 bits per heavy atom.